The molecule has 146 valence electrons. The summed E-state index contributed by atoms with van der Waals surface area (Å²) in [5.74, 6) is -7.49. The zero-order chi connectivity index (χ0) is 20.1. The molecule has 27 heavy (non-hydrogen) atoms. The molecule has 1 unspecified atom stereocenters. The molecule has 0 radical (unpaired) electrons. The Balaban J connectivity index is 2.25. The first-order valence-electron chi connectivity index (χ1n) is 8.33. The molecule has 2 aromatic carbocycles. The fraction of sp³-hybridized carbons (Fsp3) is 0.316. The van der Waals surface area contributed by atoms with Gasteiger partial charge in [0.15, 0.2) is 34.8 Å². The third-order valence-corrected chi connectivity index (χ3v) is 3.76. The summed E-state index contributed by atoms with van der Waals surface area (Å²) in [6.07, 6.45) is 0. The van der Waals surface area contributed by atoms with Crippen molar-refractivity contribution in [2.24, 2.45) is 0 Å². The van der Waals surface area contributed by atoms with Gasteiger partial charge in [0.1, 0.15) is 0 Å². The predicted octanol–water partition coefficient (Wildman–Crippen LogP) is 4.53. The number of ether oxygens (including phenoxy) is 2. The fourth-order valence-electron chi connectivity index (χ4n) is 2.43. The Labute approximate surface area is 154 Å². The molecule has 1 amide bonds. The zero-order valence-electron chi connectivity index (χ0n) is 15.0. The monoisotopic (exact) mass is 385 g/mol. The Morgan fingerprint density at radius 3 is 2.22 bits per heavy atom. The van der Waals surface area contributed by atoms with Crippen molar-refractivity contribution in [2.45, 2.75) is 26.8 Å². The van der Waals surface area contributed by atoms with Crippen LogP contribution in [0, 0.1) is 23.3 Å². The SMILES string of the molecule is CCOc1ccc(C(C)NC(=O)c2cc(F)c(F)c(F)c2F)cc1OCC. The smallest absolute Gasteiger partial charge is 0.254 e. The first-order chi connectivity index (χ1) is 12.8. The molecule has 0 aromatic heterocycles. The highest BCUT2D eigenvalue weighted by Crippen LogP contribution is 2.31. The van der Waals surface area contributed by atoms with E-state index in [0.29, 0.717) is 36.3 Å². The minimum atomic E-state index is -2.03. The lowest BCUT2D eigenvalue weighted by molar-refractivity contribution is 0.0933. The van der Waals surface area contributed by atoms with Gasteiger partial charge in [-0.05, 0) is 44.5 Å². The largest absolute Gasteiger partial charge is 0.490 e. The van der Waals surface area contributed by atoms with Gasteiger partial charge >= 0.3 is 0 Å². The summed E-state index contributed by atoms with van der Waals surface area (Å²) in [7, 11) is 0. The molecule has 0 saturated heterocycles. The predicted molar refractivity (Wildman–Crippen MR) is 90.9 cm³/mol. The number of halogens is 4. The average Bonchev–Trinajstić information content (AvgIpc) is 2.64. The van der Waals surface area contributed by atoms with E-state index in [1.807, 2.05) is 6.92 Å². The van der Waals surface area contributed by atoms with Crippen molar-refractivity contribution in [1.29, 1.82) is 0 Å². The van der Waals surface area contributed by atoms with Gasteiger partial charge in [0.05, 0.1) is 24.8 Å². The quantitative estimate of drug-likeness (QED) is 0.433. The summed E-state index contributed by atoms with van der Waals surface area (Å²) >= 11 is 0. The number of carbonyl (C=O) groups excluding carboxylic acids is 1. The number of hydrogen-bond acceptors (Lipinski definition) is 3. The molecule has 0 spiro atoms. The minimum Gasteiger partial charge on any atom is -0.490 e. The van der Waals surface area contributed by atoms with Crippen LogP contribution in [0.4, 0.5) is 17.6 Å². The second-order valence-electron chi connectivity index (χ2n) is 5.62. The molecule has 2 aromatic rings. The summed E-state index contributed by atoms with van der Waals surface area (Å²) in [5, 5.41) is 2.42. The van der Waals surface area contributed by atoms with Gasteiger partial charge in [-0.1, -0.05) is 6.07 Å². The lowest BCUT2D eigenvalue weighted by Gasteiger charge is -2.18. The van der Waals surface area contributed by atoms with Crippen LogP contribution in [0.1, 0.15) is 42.7 Å². The normalized spacial score (nSPS) is 11.8. The molecule has 1 atom stereocenters. The van der Waals surface area contributed by atoms with Crippen LogP contribution < -0.4 is 14.8 Å². The molecule has 8 heteroatoms. The maximum absolute atomic E-state index is 13.8. The number of rotatable bonds is 7. The van der Waals surface area contributed by atoms with Crippen LogP contribution in [0.2, 0.25) is 0 Å². The highest BCUT2D eigenvalue weighted by molar-refractivity contribution is 5.94. The lowest BCUT2D eigenvalue weighted by atomic mass is 10.1. The molecule has 0 aliphatic rings. The molecule has 0 fully saturated rings. The van der Waals surface area contributed by atoms with Crippen LogP contribution in [0.15, 0.2) is 24.3 Å². The van der Waals surface area contributed by atoms with E-state index in [1.54, 1.807) is 32.0 Å². The van der Waals surface area contributed by atoms with Gasteiger partial charge in [-0.3, -0.25) is 4.79 Å². The van der Waals surface area contributed by atoms with E-state index < -0.39 is 40.8 Å². The highest BCUT2D eigenvalue weighted by atomic mass is 19.2. The van der Waals surface area contributed by atoms with Gasteiger partial charge in [0.25, 0.3) is 5.91 Å². The summed E-state index contributed by atoms with van der Waals surface area (Å²) in [6, 6.07) is 4.63. The summed E-state index contributed by atoms with van der Waals surface area (Å²) < 4.78 is 64.4. The van der Waals surface area contributed by atoms with Gasteiger partial charge < -0.3 is 14.8 Å². The van der Waals surface area contributed by atoms with Crippen molar-refractivity contribution in [2.75, 3.05) is 13.2 Å². The Kier molecular flexibility index (Phi) is 6.65. The first-order valence-corrected chi connectivity index (χ1v) is 8.33. The van der Waals surface area contributed by atoms with Crippen molar-refractivity contribution in [3.63, 3.8) is 0 Å². The standard InChI is InChI=1S/C19H19F4NO3/c1-4-26-14-7-6-11(8-15(14)27-5-2)10(3)24-19(25)12-9-13(20)17(22)18(23)16(12)21/h6-10H,4-5H2,1-3H3,(H,24,25). The van der Waals surface area contributed by atoms with Crippen LogP contribution >= 0.6 is 0 Å². The van der Waals surface area contributed by atoms with Gasteiger partial charge in [-0.25, -0.2) is 17.6 Å². The molecule has 0 aliphatic carbocycles. The Bertz CT molecular complexity index is 842. The third-order valence-electron chi connectivity index (χ3n) is 3.76. The number of amides is 1. The van der Waals surface area contributed by atoms with Gasteiger partial charge in [-0.2, -0.15) is 0 Å². The average molecular weight is 385 g/mol. The van der Waals surface area contributed by atoms with E-state index in [0.717, 1.165) is 0 Å². The summed E-state index contributed by atoms with van der Waals surface area (Å²) in [6.45, 7) is 6.05. The van der Waals surface area contributed by atoms with Crippen molar-refractivity contribution < 1.29 is 31.8 Å². The van der Waals surface area contributed by atoms with Crippen LogP contribution in [-0.2, 0) is 0 Å². The number of hydrogen-bond donors (Lipinski definition) is 1. The van der Waals surface area contributed by atoms with E-state index in [9.17, 15) is 22.4 Å². The molecule has 0 saturated carbocycles. The maximum Gasteiger partial charge on any atom is 0.254 e. The molecule has 4 nitrogen and oxygen atoms in total. The molecule has 2 rings (SSSR count). The molecular weight excluding hydrogens is 366 g/mol. The minimum absolute atomic E-state index is 0.319. The van der Waals surface area contributed by atoms with E-state index in [1.165, 1.54) is 0 Å². The third kappa shape index (κ3) is 4.50. The molecule has 0 aliphatic heterocycles. The van der Waals surface area contributed by atoms with Crippen LogP contribution in [-0.4, -0.2) is 19.1 Å². The number of nitrogens with one attached hydrogen (secondary N) is 1. The van der Waals surface area contributed by atoms with E-state index in [4.69, 9.17) is 9.47 Å². The Hall–Kier alpha value is -2.77. The van der Waals surface area contributed by atoms with E-state index >= 15 is 0 Å². The van der Waals surface area contributed by atoms with Crippen LogP contribution in [0.25, 0.3) is 0 Å². The van der Waals surface area contributed by atoms with Crippen molar-refractivity contribution >= 4 is 5.91 Å². The van der Waals surface area contributed by atoms with Crippen molar-refractivity contribution in [3.8, 4) is 11.5 Å². The summed E-state index contributed by atoms with van der Waals surface area (Å²) in [4.78, 5) is 12.2. The van der Waals surface area contributed by atoms with Crippen LogP contribution in [0.3, 0.4) is 0 Å². The van der Waals surface area contributed by atoms with Crippen molar-refractivity contribution in [1.82, 2.24) is 5.32 Å². The fourth-order valence-corrected chi connectivity index (χ4v) is 2.43. The van der Waals surface area contributed by atoms with Gasteiger partial charge in [0, 0.05) is 0 Å². The molecule has 0 bridgehead atoms. The first kappa shape index (κ1) is 20.5. The Morgan fingerprint density at radius 2 is 1.59 bits per heavy atom. The van der Waals surface area contributed by atoms with Gasteiger partial charge in [0.2, 0.25) is 0 Å². The highest BCUT2D eigenvalue weighted by Gasteiger charge is 2.24. The zero-order valence-corrected chi connectivity index (χ0v) is 15.0. The van der Waals surface area contributed by atoms with E-state index in [2.05, 4.69) is 5.32 Å². The molecule has 1 N–H and O–H groups in total. The number of benzene rings is 2. The molecular formula is C19H19F4NO3. The number of carbonyl (C=O) groups is 1. The van der Waals surface area contributed by atoms with E-state index in [-0.39, 0.29) is 0 Å². The second-order valence-corrected chi connectivity index (χ2v) is 5.62. The van der Waals surface area contributed by atoms with Crippen LogP contribution in [0.5, 0.6) is 11.5 Å². The lowest BCUT2D eigenvalue weighted by Crippen LogP contribution is -2.28. The maximum atomic E-state index is 13.8. The van der Waals surface area contributed by atoms with Crippen molar-refractivity contribution in [3.05, 3.63) is 58.7 Å². The second kappa shape index (κ2) is 8.75. The van der Waals surface area contributed by atoms with Gasteiger partial charge in [-0.15, -0.1) is 0 Å². The topological polar surface area (TPSA) is 47.6 Å². The molecule has 0 heterocycles. The summed E-state index contributed by atoms with van der Waals surface area (Å²) in [5.41, 5.74) is -0.326. The Morgan fingerprint density at radius 1 is 0.963 bits per heavy atom.